The summed E-state index contributed by atoms with van der Waals surface area (Å²) in [6.45, 7) is 3.50. The Balaban J connectivity index is 1.48. The predicted molar refractivity (Wildman–Crippen MR) is 90.1 cm³/mol. The first-order valence-corrected chi connectivity index (χ1v) is 8.10. The van der Waals surface area contributed by atoms with Gasteiger partial charge in [-0.15, -0.1) is 8.78 Å². The lowest BCUT2D eigenvalue weighted by Crippen LogP contribution is -2.42. The van der Waals surface area contributed by atoms with E-state index in [2.05, 4.69) is 25.3 Å². The lowest BCUT2D eigenvalue weighted by molar-refractivity contribution is -0.286. The zero-order valence-electron chi connectivity index (χ0n) is 14.4. The van der Waals surface area contributed by atoms with Crippen LogP contribution in [0.1, 0.15) is 27.2 Å². The molecule has 0 bridgehead atoms. The van der Waals surface area contributed by atoms with Crippen molar-refractivity contribution in [2.24, 2.45) is 0 Å². The zero-order chi connectivity index (χ0) is 19.2. The number of fused-ring (bicyclic) bond motifs is 1. The van der Waals surface area contributed by atoms with Gasteiger partial charge in [-0.1, -0.05) is 11.2 Å². The number of aryl methyl sites for hydroxylation is 2. The second kappa shape index (κ2) is 6.11. The van der Waals surface area contributed by atoms with Crippen LogP contribution in [0.4, 0.5) is 8.78 Å². The van der Waals surface area contributed by atoms with E-state index >= 15 is 0 Å². The lowest BCUT2D eigenvalue weighted by atomic mass is 9.98. The number of nitrogens with zero attached hydrogens (tertiary/aromatic N) is 1. The van der Waals surface area contributed by atoms with Crippen molar-refractivity contribution in [1.82, 2.24) is 15.8 Å². The van der Waals surface area contributed by atoms with Crippen molar-refractivity contribution in [2.45, 2.75) is 26.3 Å². The van der Waals surface area contributed by atoms with Crippen LogP contribution in [0, 0.1) is 13.8 Å². The Morgan fingerprint density at radius 2 is 1.96 bits per heavy atom. The van der Waals surface area contributed by atoms with Crippen molar-refractivity contribution in [3.8, 4) is 11.5 Å². The fourth-order valence-corrected chi connectivity index (χ4v) is 2.87. The number of alkyl halides is 2. The van der Waals surface area contributed by atoms with Gasteiger partial charge in [-0.25, -0.2) is 0 Å². The minimum absolute atomic E-state index is 0.00200. The molecule has 0 spiro atoms. The molecule has 2 N–H and O–H groups in total. The number of rotatable bonds is 3. The van der Waals surface area contributed by atoms with Gasteiger partial charge in [-0.3, -0.25) is 4.79 Å². The summed E-state index contributed by atoms with van der Waals surface area (Å²) in [5.74, 6) is -0.272. The number of benzene rings is 1. The minimum atomic E-state index is -3.66. The molecule has 2 aliphatic rings. The first-order chi connectivity index (χ1) is 12.8. The van der Waals surface area contributed by atoms with Gasteiger partial charge >= 0.3 is 6.29 Å². The van der Waals surface area contributed by atoms with Crippen molar-refractivity contribution >= 4 is 11.5 Å². The fraction of sp³-hybridized carbons (Fsp3) is 0.222. The quantitative estimate of drug-likeness (QED) is 0.858. The van der Waals surface area contributed by atoms with E-state index < -0.39 is 18.4 Å². The van der Waals surface area contributed by atoms with Gasteiger partial charge in [0.25, 0.3) is 5.91 Å². The summed E-state index contributed by atoms with van der Waals surface area (Å²) in [6.07, 6.45) is 2.54. The van der Waals surface area contributed by atoms with Gasteiger partial charge in [0.2, 0.25) is 5.76 Å². The average molecular weight is 375 g/mol. The topological polar surface area (TPSA) is 85.6 Å². The van der Waals surface area contributed by atoms with Gasteiger partial charge in [-0.05, 0) is 48.8 Å². The molecule has 1 aromatic heterocycles. The van der Waals surface area contributed by atoms with Gasteiger partial charge in [0.05, 0.1) is 6.20 Å². The molecule has 2 aromatic rings. The van der Waals surface area contributed by atoms with Crippen LogP contribution in [0.2, 0.25) is 0 Å². The third-order valence-electron chi connectivity index (χ3n) is 4.19. The molecule has 1 atom stereocenters. The van der Waals surface area contributed by atoms with E-state index in [1.807, 2.05) is 0 Å². The van der Waals surface area contributed by atoms with E-state index in [4.69, 9.17) is 4.52 Å². The molecule has 2 aliphatic heterocycles. The number of dihydropyridines is 1. The van der Waals surface area contributed by atoms with Crippen LogP contribution in [0.25, 0.3) is 5.57 Å². The summed E-state index contributed by atoms with van der Waals surface area (Å²) in [5.41, 5.74) is 2.83. The maximum atomic E-state index is 13.2. The van der Waals surface area contributed by atoms with Crippen molar-refractivity contribution < 1.29 is 27.6 Å². The number of aromatic nitrogens is 1. The lowest BCUT2D eigenvalue weighted by Gasteiger charge is -2.20. The normalized spacial score (nSPS) is 19.4. The monoisotopic (exact) mass is 375 g/mol. The molecule has 4 rings (SSSR count). The zero-order valence-corrected chi connectivity index (χ0v) is 14.4. The van der Waals surface area contributed by atoms with Crippen molar-refractivity contribution in [2.75, 3.05) is 0 Å². The van der Waals surface area contributed by atoms with E-state index in [-0.39, 0.29) is 17.3 Å². The second-order valence-corrected chi connectivity index (χ2v) is 6.20. The molecule has 0 fully saturated rings. The molecule has 0 saturated carbocycles. The SMILES string of the molecule is Cc1cc2c(cc1C1=CNC(NC(=O)c3oncc3C)C=C1)OC(F)(F)O2. The first-order valence-electron chi connectivity index (χ1n) is 8.10. The number of carbonyl (C=O) groups excluding carboxylic acids is 1. The first kappa shape index (κ1) is 17.1. The second-order valence-electron chi connectivity index (χ2n) is 6.20. The molecular formula is C18H15F2N3O4. The highest BCUT2D eigenvalue weighted by molar-refractivity contribution is 5.93. The molecule has 0 aliphatic carbocycles. The van der Waals surface area contributed by atoms with Gasteiger partial charge in [0.1, 0.15) is 6.17 Å². The third kappa shape index (κ3) is 3.23. The summed E-state index contributed by atoms with van der Waals surface area (Å²) in [5, 5.41) is 9.34. The number of halogens is 2. The van der Waals surface area contributed by atoms with E-state index in [0.29, 0.717) is 11.1 Å². The van der Waals surface area contributed by atoms with Crippen LogP contribution in [-0.2, 0) is 0 Å². The number of allylic oxidation sites excluding steroid dienone is 2. The Morgan fingerprint density at radius 1 is 1.22 bits per heavy atom. The summed E-state index contributed by atoms with van der Waals surface area (Å²) in [7, 11) is 0. The van der Waals surface area contributed by atoms with E-state index in [9.17, 15) is 13.6 Å². The van der Waals surface area contributed by atoms with Crippen molar-refractivity contribution in [1.29, 1.82) is 0 Å². The van der Waals surface area contributed by atoms with Crippen molar-refractivity contribution in [3.63, 3.8) is 0 Å². The Labute approximate surface area is 152 Å². The molecule has 1 aromatic carbocycles. The molecule has 0 saturated heterocycles. The standard InChI is InChI=1S/C18H15F2N3O4/c1-9-5-13-14(26-18(19,20)25-13)6-12(9)11-3-4-15(21-8-11)23-17(24)16-10(2)7-22-27-16/h3-8,15,21H,1-2H3,(H,23,24). The number of hydrogen-bond acceptors (Lipinski definition) is 6. The number of amides is 1. The largest absolute Gasteiger partial charge is 0.586 e. The highest BCUT2D eigenvalue weighted by atomic mass is 19.3. The highest BCUT2D eigenvalue weighted by Gasteiger charge is 2.43. The molecule has 3 heterocycles. The van der Waals surface area contributed by atoms with Crippen LogP contribution >= 0.6 is 0 Å². The smallest absolute Gasteiger partial charge is 0.395 e. The maximum absolute atomic E-state index is 13.2. The average Bonchev–Trinajstić information content (AvgIpc) is 3.16. The third-order valence-corrected chi connectivity index (χ3v) is 4.19. The van der Waals surface area contributed by atoms with Gasteiger partial charge < -0.3 is 24.6 Å². The molecule has 140 valence electrons. The molecule has 1 amide bonds. The van der Waals surface area contributed by atoms with E-state index in [1.54, 1.807) is 32.2 Å². The summed E-state index contributed by atoms with van der Waals surface area (Å²) < 4.78 is 40.3. The van der Waals surface area contributed by atoms with E-state index in [1.165, 1.54) is 18.3 Å². The Bertz CT molecular complexity index is 981. The summed E-state index contributed by atoms with van der Waals surface area (Å²) >= 11 is 0. The van der Waals surface area contributed by atoms with Gasteiger partial charge in [0.15, 0.2) is 11.5 Å². The number of ether oxygens (including phenoxy) is 2. The minimum Gasteiger partial charge on any atom is -0.395 e. The number of carbonyl (C=O) groups is 1. The highest BCUT2D eigenvalue weighted by Crippen LogP contribution is 2.43. The van der Waals surface area contributed by atoms with Crippen LogP contribution in [-0.4, -0.2) is 23.5 Å². The van der Waals surface area contributed by atoms with Gasteiger partial charge in [0, 0.05) is 11.8 Å². The van der Waals surface area contributed by atoms with Crippen LogP contribution in [0.3, 0.4) is 0 Å². The molecule has 27 heavy (non-hydrogen) atoms. The van der Waals surface area contributed by atoms with Crippen molar-refractivity contribution in [3.05, 3.63) is 59.1 Å². The Hall–Kier alpha value is -3.36. The predicted octanol–water partition coefficient (Wildman–Crippen LogP) is 2.87. The molecule has 0 radical (unpaired) electrons. The number of hydrogen-bond donors (Lipinski definition) is 2. The number of nitrogens with one attached hydrogen (secondary N) is 2. The summed E-state index contributed by atoms with van der Waals surface area (Å²) in [4.78, 5) is 12.1. The molecule has 7 nitrogen and oxygen atoms in total. The Kier molecular flexibility index (Phi) is 3.87. The fourth-order valence-electron chi connectivity index (χ4n) is 2.87. The molecular weight excluding hydrogens is 360 g/mol. The van der Waals surface area contributed by atoms with Crippen LogP contribution in [0.5, 0.6) is 11.5 Å². The van der Waals surface area contributed by atoms with E-state index in [0.717, 1.165) is 11.1 Å². The van der Waals surface area contributed by atoms with Gasteiger partial charge in [-0.2, -0.15) is 0 Å². The Morgan fingerprint density at radius 3 is 2.59 bits per heavy atom. The van der Waals surface area contributed by atoms with Crippen LogP contribution in [0.15, 0.2) is 41.2 Å². The molecule has 9 heteroatoms. The van der Waals surface area contributed by atoms with Crippen LogP contribution < -0.4 is 20.1 Å². The maximum Gasteiger partial charge on any atom is 0.586 e. The summed E-state index contributed by atoms with van der Waals surface area (Å²) in [6, 6.07) is 3.00. The molecule has 1 unspecified atom stereocenters.